The standard InChI is InChI=1S/C17H23NO3/c1-20-15-9-7-14(16(13-15)21-2)8-10-17(19)18-11-5-3-4-6-12-18/h7-10,13H,3-6,11-12H2,1-2H3. The monoisotopic (exact) mass is 289 g/mol. The molecule has 1 saturated heterocycles. The summed E-state index contributed by atoms with van der Waals surface area (Å²) >= 11 is 0. The molecule has 1 fully saturated rings. The topological polar surface area (TPSA) is 38.8 Å². The lowest BCUT2D eigenvalue weighted by Crippen LogP contribution is -2.30. The number of amides is 1. The number of rotatable bonds is 4. The van der Waals surface area contributed by atoms with Gasteiger partial charge in [-0.2, -0.15) is 0 Å². The van der Waals surface area contributed by atoms with E-state index in [1.54, 1.807) is 20.3 Å². The maximum Gasteiger partial charge on any atom is 0.246 e. The lowest BCUT2D eigenvalue weighted by Gasteiger charge is -2.18. The Morgan fingerprint density at radius 1 is 1.10 bits per heavy atom. The van der Waals surface area contributed by atoms with Crippen LogP contribution in [0.2, 0.25) is 0 Å². The predicted octanol–water partition coefficient (Wildman–Crippen LogP) is 3.12. The molecule has 0 unspecified atom stereocenters. The molecule has 4 nitrogen and oxygen atoms in total. The summed E-state index contributed by atoms with van der Waals surface area (Å²) in [6, 6.07) is 5.57. The first kappa shape index (κ1) is 15.4. The number of nitrogens with zero attached hydrogens (tertiary/aromatic N) is 1. The summed E-state index contributed by atoms with van der Waals surface area (Å²) in [6.45, 7) is 1.73. The molecule has 2 rings (SSSR count). The van der Waals surface area contributed by atoms with Crippen molar-refractivity contribution in [1.29, 1.82) is 0 Å². The Balaban J connectivity index is 2.07. The molecule has 1 aliphatic rings. The fraction of sp³-hybridized carbons (Fsp3) is 0.471. The van der Waals surface area contributed by atoms with Crippen LogP contribution in [0.1, 0.15) is 31.2 Å². The lowest BCUT2D eigenvalue weighted by molar-refractivity contribution is -0.125. The Labute approximate surface area is 126 Å². The van der Waals surface area contributed by atoms with Gasteiger partial charge in [0.25, 0.3) is 0 Å². The molecule has 1 aliphatic heterocycles. The summed E-state index contributed by atoms with van der Waals surface area (Å²) in [5, 5.41) is 0. The van der Waals surface area contributed by atoms with Crippen LogP contribution in [0, 0.1) is 0 Å². The van der Waals surface area contributed by atoms with Crippen LogP contribution in [0.3, 0.4) is 0 Å². The number of benzene rings is 1. The van der Waals surface area contributed by atoms with Crippen molar-refractivity contribution in [3.05, 3.63) is 29.8 Å². The number of hydrogen-bond acceptors (Lipinski definition) is 3. The Morgan fingerprint density at radius 3 is 2.43 bits per heavy atom. The molecule has 0 atom stereocenters. The number of carbonyl (C=O) groups is 1. The average Bonchev–Trinajstić information content (AvgIpc) is 2.81. The van der Waals surface area contributed by atoms with Crippen LogP contribution < -0.4 is 9.47 Å². The van der Waals surface area contributed by atoms with E-state index in [9.17, 15) is 4.79 Å². The van der Waals surface area contributed by atoms with E-state index >= 15 is 0 Å². The van der Waals surface area contributed by atoms with Crippen LogP contribution in [0.4, 0.5) is 0 Å². The van der Waals surface area contributed by atoms with Gasteiger partial charge in [0, 0.05) is 30.8 Å². The van der Waals surface area contributed by atoms with Crippen LogP contribution in [0.5, 0.6) is 11.5 Å². The molecule has 21 heavy (non-hydrogen) atoms. The number of ether oxygens (including phenoxy) is 2. The van der Waals surface area contributed by atoms with Gasteiger partial charge < -0.3 is 14.4 Å². The zero-order valence-electron chi connectivity index (χ0n) is 12.8. The Hall–Kier alpha value is -1.97. The highest BCUT2D eigenvalue weighted by Crippen LogP contribution is 2.25. The van der Waals surface area contributed by atoms with Gasteiger partial charge in [0.1, 0.15) is 11.5 Å². The van der Waals surface area contributed by atoms with Crippen LogP contribution in [-0.4, -0.2) is 38.1 Å². The third-order valence-electron chi connectivity index (χ3n) is 3.76. The largest absolute Gasteiger partial charge is 0.497 e. The van der Waals surface area contributed by atoms with Crippen LogP contribution >= 0.6 is 0 Å². The number of carbonyl (C=O) groups excluding carboxylic acids is 1. The first-order valence-electron chi connectivity index (χ1n) is 7.43. The molecule has 0 aliphatic carbocycles. The molecule has 0 bridgehead atoms. The lowest BCUT2D eigenvalue weighted by atomic mass is 10.1. The van der Waals surface area contributed by atoms with E-state index in [4.69, 9.17) is 9.47 Å². The van der Waals surface area contributed by atoms with Gasteiger partial charge in [0.05, 0.1) is 14.2 Å². The molecule has 1 heterocycles. The van der Waals surface area contributed by atoms with Crippen LogP contribution in [0.25, 0.3) is 6.08 Å². The fourth-order valence-electron chi connectivity index (χ4n) is 2.51. The van der Waals surface area contributed by atoms with E-state index < -0.39 is 0 Å². The molecule has 0 N–H and O–H groups in total. The van der Waals surface area contributed by atoms with Crippen molar-refractivity contribution in [2.45, 2.75) is 25.7 Å². The summed E-state index contributed by atoms with van der Waals surface area (Å²) in [7, 11) is 3.23. The van der Waals surface area contributed by atoms with E-state index in [-0.39, 0.29) is 5.91 Å². The molecule has 0 saturated carbocycles. The minimum atomic E-state index is 0.0785. The minimum Gasteiger partial charge on any atom is -0.497 e. The average molecular weight is 289 g/mol. The summed E-state index contributed by atoms with van der Waals surface area (Å²) in [6.07, 6.45) is 8.09. The maximum absolute atomic E-state index is 12.2. The van der Waals surface area contributed by atoms with Crippen molar-refractivity contribution < 1.29 is 14.3 Å². The van der Waals surface area contributed by atoms with Gasteiger partial charge in [-0.25, -0.2) is 0 Å². The molecule has 1 aromatic carbocycles. The van der Waals surface area contributed by atoms with Crippen molar-refractivity contribution in [3.63, 3.8) is 0 Å². The van der Waals surface area contributed by atoms with Crippen molar-refractivity contribution >= 4 is 12.0 Å². The highest BCUT2D eigenvalue weighted by molar-refractivity contribution is 5.92. The van der Waals surface area contributed by atoms with E-state index in [0.717, 1.165) is 37.2 Å². The molecule has 114 valence electrons. The van der Waals surface area contributed by atoms with E-state index in [1.807, 2.05) is 29.2 Å². The van der Waals surface area contributed by atoms with Crippen molar-refractivity contribution in [1.82, 2.24) is 4.90 Å². The molecule has 0 spiro atoms. The second-order valence-corrected chi connectivity index (χ2v) is 5.18. The molecule has 4 heteroatoms. The molecule has 1 amide bonds. The summed E-state index contributed by atoms with van der Waals surface area (Å²) < 4.78 is 10.5. The van der Waals surface area contributed by atoms with Gasteiger partial charge in [0.2, 0.25) is 5.91 Å². The van der Waals surface area contributed by atoms with Gasteiger partial charge in [-0.05, 0) is 31.1 Å². The van der Waals surface area contributed by atoms with Gasteiger partial charge in [-0.1, -0.05) is 12.8 Å². The summed E-state index contributed by atoms with van der Waals surface area (Å²) in [5.74, 6) is 1.52. The molecule has 1 aromatic rings. The number of methoxy groups -OCH3 is 2. The zero-order valence-corrected chi connectivity index (χ0v) is 12.8. The SMILES string of the molecule is COc1ccc(C=CC(=O)N2CCCCCC2)c(OC)c1. The fourth-order valence-corrected chi connectivity index (χ4v) is 2.51. The highest BCUT2D eigenvalue weighted by atomic mass is 16.5. The zero-order chi connectivity index (χ0) is 15.1. The second kappa shape index (κ2) is 7.72. The minimum absolute atomic E-state index is 0.0785. The van der Waals surface area contributed by atoms with E-state index in [1.165, 1.54) is 12.8 Å². The molecule has 0 aromatic heterocycles. The summed E-state index contributed by atoms with van der Waals surface area (Å²) in [5.41, 5.74) is 0.876. The second-order valence-electron chi connectivity index (χ2n) is 5.18. The molecular formula is C17H23NO3. The van der Waals surface area contributed by atoms with Crippen LogP contribution in [-0.2, 0) is 4.79 Å². The Bertz CT molecular complexity index is 503. The third-order valence-corrected chi connectivity index (χ3v) is 3.76. The third kappa shape index (κ3) is 4.25. The molecule has 0 radical (unpaired) electrons. The van der Waals surface area contributed by atoms with Crippen molar-refractivity contribution in [3.8, 4) is 11.5 Å². The first-order valence-corrected chi connectivity index (χ1v) is 7.43. The van der Waals surface area contributed by atoms with E-state index in [2.05, 4.69) is 0 Å². The maximum atomic E-state index is 12.2. The van der Waals surface area contributed by atoms with Crippen molar-refractivity contribution in [2.75, 3.05) is 27.3 Å². The predicted molar refractivity (Wildman–Crippen MR) is 83.6 cm³/mol. The van der Waals surface area contributed by atoms with Crippen molar-refractivity contribution in [2.24, 2.45) is 0 Å². The highest BCUT2D eigenvalue weighted by Gasteiger charge is 2.13. The Kier molecular flexibility index (Phi) is 5.67. The van der Waals surface area contributed by atoms with Gasteiger partial charge in [-0.15, -0.1) is 0 Å². The normalized spacial score (nSPS) is 15.8. The van der Waals surface area contributed by atoms with E-state index in [0.29, 0.717) is 5.75 Å². The first-order chi connectivity index (χ1) is 10.2. The molecular weight excluding hydrogens is 266 g/mol. The van der Waals surface area contributed by atoms with Gasteiger partial charge in [0.15, 0.2) is 0 Å². The number of hydrogen-bond donors (Lipinski definition) is 0. The quantitative estimate of drug-likeness (QED) is 0.799. The summed E-state index contributed by atoms with van der Waals surface area (Å²) in [4.78, 5) is 14.2. The Morgan fingerprint density at radius 2 is 1.81 bits per heavy atom. The van der Waals surface area contributed by atoms with Crippen LogP contribution in [0.15, 0.2) is 24.3 Å². The smallest absolute Gasteiger partial charge is 0.246 e. The van der Waals surface area contributed by atoms with Gasteiger partial charge in [-0.3, -0.25) is 4.79 Å². The van der Waals surface area contributed by atoms with Gasteiger partial charge >= 0.3 is 0 Å². The number of likely N-dealkylation sites (tertiary alicyclic amines) is 1.